The SMILES string of the molecule is Cn1cnc(Oc2ccc(CN)cc2F)n1. The number of nitrogens with zero attached hydrogens (tertiary/aromatic N) is 3. The van der Waals surface area contributed by atoms with Gasteiger partial charge >= 0.3 is 6.01 Å². The molecule has 6 heteroatoms. The zero-order chi connectivity index (χ0) is 11.5. The Morgan fingerprint density at radius 1 is 1.50 bits per heavy atom. The van der Waals surface area contributed by atoms with Gasteiger partial charge in [-0.2, -0.15) is 4.98 Å². The molecule has 0 aliphatic heterocycles. The van der Waals surface area contributed by atoms with E-state index in [0.717, 1.165) is 0 Å². The van der Waals surface area contributed by atoms with Crippen LogP contribution in [0.15, 0.2) is 24.5 Å². The summed E-state index contributed by atoms with van der Waals surface area (Å²) in [6.07, 6.45) is 1.47. The van der Waals surface area contributed by atoms with Crippen molar-refractivity contribution in [3.8, 4) is 11.8 Å². The molecule has 2 rings (SSSR count). The monoisotopic (exact) mass is 222 g/mol. The molecule has 0 fully saturated rings. The van der Waals surface area contributed by atoms with Crippen molar-refractivity contribution in [2.75, 3.05) is 0 Å². The molecule has 84 valence electrons. The Balaban J connectivity index is 2.21. The van der Waals surface area contributed by atoms with Crippen LogP contribution in [-0.4, -0.2) is 14.8 Å². The third-order valence-electron chi connectivity index (χ3n) is 2.01. The summed E-state index contributed by atoms with van der Waals surface area (Å²) >= 11 is 0. The van der Waals surface area contributed by atoms with Gasteiger partial charge in [-0.1, -0.05) is 6.07 Å². The van der Waals surface area contributed by atoms with Crippen molar-refractivity contribution in [1.29, 1.82) is 0 Å². The minimum atomic E-state index is -0.476. The summed E-state index contributed by atoms with van der Waals surface area (Å²) in [7, 11) is 1.70. The van der Waals surface area contributed by atoms with Crippen LogP contribution < -0.4 is 10.5 Å². The topological polar surface area (TPSA) is 66.0 Å². The number of hydrogen-bond donors (Lipinski definition) is 1. The van der Waals surface area contributed by atoms with E-state index in [1.807, 2.05) is 0 Å². The van der Waals surface area contributed by atoms with E-state index in [2.05, 4.69) is 10.1 Å². The molecule has 0 atom stereocenters. The van der Waals surface area contributed by atoms with Gasteiger partial charge in [0.15, 0.2) is 11.6 Å². The molecule has 0 unspecified atom stereocenters. The zero-order valence-corrected chi connectivity index (χ0v) is 8.72. The van der Waals surface area contributed by atoms with E-state index in [0.29, 0.717) is 12.1 Å². The van der Waals surface area contributed by atoms with Gasteiger partial charge in [0.1, 0.15) is 6.33 Å². The van der Waals surface area contributed by atoms with Crippen LogP contribution in [0.25, 0.3) is 0 Å². The van der Waals surface area contributed by atoms with Crippen LogP contribution >= 0.6 is 0 Å². The van der Waals surface area contributed by atoms with Crippen molar-refractivity contribution in [3.63, 3.8) is 0 Å². The van der Waals surface area contributed by atoms with Gasteiger partial charge in [-0.15, -0.1) is 5.10 Å². The predicted molar refractivity (Wildman–Crippen MR) is 55.4 cm³/mol. The number of benzene rings is 1. The predicted octanol–water partition coefficient (Wildman–Crippen LogP) is 1.21. The van der Waals surface area contributed by atoms with Crippen molar-refractivity contribution < 1.29 is 9.13 Å². The summed E-state index contributed by atoms with van der Waals surface area (Å²) in [6, 6.07) is 4.65. The largest absolute Gasteiger partial charge is 0.420 e. The molecule has 1 heterocycles. The maximum absolute atomic E-state index is 13.5. The summed E-state index contributed by atoms with van der Waals surface area (Å²) in [5.74, 6) is -0.390. The van der Waals surface area contributed by atoms with Gasteiger partial charge in [-0.25, -0.2) is 4.39 Å². The second-order valence-electron chi connectivity index (χ2n) is 3.27. The number of rotatable bonds is 3. The van der Waals surface area contributed by atoms with Gasteiger partial charge in [0.25, 0.3) is 0 Å². The average molecular weight is 222 g/mol. The summed E-state index contributed by atoms with van der Waals surface area (Å²) < 4.78 is 20.1. The third kappa shape index (κ3) is 2.17. The molecule has 5 nitrogen and oxygen atoms in total. The second-order valence-corrected chi connectivity index (χ2v) is 3.27. The maximum atomic E-state index is 13.5. The lowest BCUT2D eigenvalue weighted by atomic mass is 10.2. The molecule has 0 aliphatic rings. The van der Waals surface area contributed by atoms with E-state index in [9.17, 15) is 4.39 Å². The Morgan fingerprint density at radius 2 is 2.31 bits per heavy atom. The van der Waals surface area contributed by atoms with Crippen molar-refractivity contribution in [2.45, 2.75) is 6.54 Å². The minimum Gasteiger partial charge on any atom is -0.420 e. The van der Waals surface area contributed by atoms with Crippen molar-refractivity contribution in [3.05, 3.63) is 35.9 Å². The van der Waals surface area contributed by atoms with E-state index in [1.165, 1.54) is 23.1 Å². The number of aromatic nitrogens is 3. The van der Waals surface area contributed by atoms with Gasteiger partial charge in [-0.05, 0) is 17.7 Å². The summed E-state index contributed by atoms with van der Waals surface area (Å²) in [6.45, 7) is 0.291. The molecule has 0 saturated carbocycles. The van der Waals surface area contributed by atoms with Crippen LogP contribution in [-0.2, 0) is 13.6 Å². The molecular weight excluding hydrogens is 211 g/mol. The van der Waals surface area contributed by atoms with Crippen LogP contribution in [0.3, 0.4) is 0 Å². The molecule has 2 N–H and O–H groups in total. The Bertz CT molecular complexity index is 497. The first kappa shape index (κ1) is 10.6. The lowest BCUT2D eigenvalue weighted by Crippen LogP contribution is -1.98. The summed E-state index contributed by atoms with van der Waals surface area (Å²) in [4.78, 5) is 3.83. The van der Waals surface area contributed by atoms with Gasteiger partial charge in [0.05, 0.1) is 0 Å². The van der Waals surface area contributed by atoms with Gasteiger partial charge in [-0.3, -0.25) is 4.68 Å². The van der Waals surface area contributed by atoms with Crippen molar-refractivity contribution in [1.82, 2.24) is 14.8 Å². The van der Waals surface area contributed by atoms with Crippen molar-refractivity contribution >= 4 is 0 Å². The molecular formula is C10H11FN4O. The Hall–Kier alpha value is -1.95. The highest BCUT2D eigenvalue weighted by atomic mass is 19.1. The van der Waals surface area contributed by atoms with E-state index in [-0.39, 0.29) is 11.8 Å². The molecule has 0 aliphatic carbocycles. The van der Waals surface area contributed by atoms with Gasteiger partial charge in [0, 0.05) is 13.6 Å². The Kier molecular flexibility index (Phi) is 2.82. The first-order valence-corrected chi connectivity index (χ1v) is 4.71. The van der Waals surface area contributed by atoms with E-state index >= 15 is 0 Å². The number of hydrogen-bond acceptors (Lipinski definition) is 4. The molecule has 0 bridgehead atoms. The van der Waals surface area contributed by atoms with E-state index in [4.69, 9.17) is 10.5 Å². The summed E-state index contributed by atoms with van der Waals surface area (Å²) in [5.41, 5.74) is 6.10. The third-order valence-corrected chi connectivity index (χ3v) is 2.01. The van der Waals surface area contributed by atoms with Crippen molar-refractivity contribution in [2.24, 2.45) is 12.8 Å². The van der Waals surface area contributed by atoms with Crippen LogP contribution in [0.5, 0.6) is 11.8 Å². The molecule has 0 amide bonds. The zero-order valence-electron chi connectivity index (χ0n) is 8.72. The molecule has 1 aromatic heterocycles. The fraction of sp³-hybridized carbons (Fsp3) is 0.200. The standard InChI is InChI=1S/C10H11FN4O/c1-15-6-13-10(14-15)16-9-3-2-7(5-12)4-8(9)11/h2-4,6H,5,12H2,1H3. The smallest absolute Gasteiger partial charge is 0.341 e. The number of ether oxygens (including phenoxy) is 1. The quantitative estimate of drug-likeness (QED) is 0.847. The molecule has 2 aromatic rings. The average Bonchev–Trinajstić information content (AvgIpc) is 2.67. The van der Waals surface area contributed by atoms with Crippen LogP contribution in [0.1, 0.15) is 5.56 Å². The van der Waals surface area contributed by atoms with Gasteiger partial charge in [0.2, 0.25) is 0 Å². The first-order chi connectivity index (χ1) is 7.69. The maximum Gasteiger partial charge on any atom is 0.341 e. The molecule has 0 saturated heterocycles. The normalized spacial score (nSPS) is 10.4. The van der Waals surface area contributed by atoms with Crippen LogP contribution in [0.4, 0.5) is 4.39 Å². The molecule has 0 spiro atoms. The second kappa shape index (κ2) is 4.28. The minimum absolute atomic E-state index is 0.0865. The number of nitrogens with two attached hydrogens (primary N) is 1. The first-order valence-electron chi connectivity index (χ1n) is 4.71. The lowest BCUT2D eigenvalue weighted by molar-refractivity contribution is 0.408. The van der Waals surface area contributed by atoms with Gasteiger partial charge < -0.3 is 10.5 Å². The Labute approximate surface area is 91.7 Å². The summed E-state index contributed by atoms with van der Waals surface area (Å²) in [5, 5.41) is 3.88. The highest BCUT2D eigenvalue weighted by Crippen LogP contribution is 2.22. The molecule has 0 radical (unpaired) electrons. The van der Waals surface area contributed by atoms with E-state index in [1.54, 1.807) is 13.1 Å². The highest BCUT2D eigenvalue weighted by Gasteiger charge is 2.08. The highest BCUT2D eigenvalue weighted by molar-refractivity contribution is 5.30. The van der Waals surface area contributed by atoms with Crippen LogP contribution in [0, 0.1) is 5.82 Å². The fourth-order valence-electron chi connectivity index (χ4n) is 1.22. The molecule has 16 heavy (non-hydrogen) atoms. The number of aryl methyl sites for hydroxylation is 1. The number of halogens is 1. The molecule has 1 aromatic carbocycles. The fourth-order valence-corrected chi connectivity index (χ4v) is 1.22. The van der Waals surface area contributed by atoms with Crippen LogP contribution in [0.2, 0.25) is 0 Å². The lowest BCUT2D eigenvalue weighted by Gasteiger charge is -2.03. The Morgan fingerprint density at radius 3 is 2.88 bits per heavy atom. The van der Waals surface area contributed by atoms with E-state index < -0.39 is 5.82 Å².